The molecule has 7 nitrogen and oxygen atoms in total. The van der Waals surface area contributed by atoms with Gasteiger partial charge in [-0.15, -0.1) is 0 Å². The van der Waals surface area contributed by atoms with Gasteiger partial charge in [0.05, 0.1) is 6.61 Å². The van der Waals surface area contributed by atoms with Crippen molar-refractivity contribution in [1.82, 2.24) is 15.5 Å². The van der Waals surface area contributed by atoms with Crippen LogP contribution in [0.25, 0.3) is 0 Å². The maximum atomic E-state index is 11.7. The van der Waals surface area contributed by atoms with Gasteiger partial charge in [0.25, 0.3) is 0 Å². The van der Waals surface area contributed by atoms with Crippen LogP contribution in [-0.4, -0.2) is 77.8 Å². The molecule has 0 heterocycles. The average molecular weight is 349 g/mol. The van der Waals surface area contributed by atoms with Crippen LogP contribution in [0.3, 0.4) is 0 Å². The van der Waals surface area contributed by atoms with Crippen LogP contribution in [0.1, 0.15) is 6.42 Å². The quantitative estimate of drug-likeness (QED) is 0.371. The van der Waals surface area contributed by atoms with Gasteiger partial charge in [0.2, 0.25) is 5.91 Å². The highest BCUT2D eigenvalue weighted by Gasteiger charge is 2.05. The van der Waals surface area contributed by atoms with Crippen molar-refractivity contribution < 1.29 is 9.53 Å². The lowest BCUT2D eigenvalue weighted by Gasteiger charge is -2.20. The molecule has 0 spiro atoms. The summed E-state index contributed by atoms with van der Waals surface area (Å²) in [6.45, 7) is 3.05. The lowest BCUT2D eigenvalue weighted by molar-refractivity contribution is -0.127. The highest BCUT2D eigenvalue weighted by Crippen LogP contribution is 2.10. The minimum atomic E-state index is -0.0309. The molecule has 0 bridgehead atoms. The Bertz CT molecular complexity index is 519. The van der Waals surface area contributed by atoms with Crippen LogP contribution in [0.2, 0.25) is 0 Å². The van der Waals surface area contributed by atoms with Crippen molar-refractivity contribution in [2.24, 2.45) is 4.99 Å². The Morgan fingerprint density at radius 2 is 1.80 bits per heavy atom. The van der Waals surface area contributed by atoms with E-state index in [2.05, 4.69) is 39.7 Å². The first-order chi connectivity index (χ1) is 12.0. The third-order valence-electron chi connectivity index (χ3n) is 3.63. The molecule has 1 amide bonds. The van der Waals surface area contributed by atoms with Gasteiger partial charge in [-0.1, -0.05) is 18.2 Å². The van der Waals surface area contributed by atoms with Crippen molar-refractivity contribution in [3.63, 3.8) is 0 Å². The van der Waals surface area contributed by atoms with Gasteiger partial charge in [0.1, 0.15) is 6.54 Å². The number of methoxy groups -OCH3 is 1. The average Bonchev–Trinajstić information content (AvgIpc) is 2.62. The number of aliphatic imine (C=N–C) groups is 1. The van der Waals surface area contributed by atoms with Gasteiger partial charge < -0.3 is 25.2 Å². The number of nitrogens with one attached hydrogen (secondary N) is 2. The number of carbonyl (C=O) groups excluding carboxylic acids is 1. The summed E-state index contributed by atoms with van der Waals surface area (Å²) in [5.74, 6) is 0.603. The van der Waals surface area contributed by atoms with Crippen molar-refractivity contribution in [2.45, 2.75) is 6.42 Å². The summed E-state index contributed by atoms with van der Waals surface area (Å²) in [6, 6.07) is 10.3. The van der Waals surface area contributed by atoms with Gasteiger partial charge >= 0.3 is 0 Å². The van der Waals surface area contributed by atoms with E-state index in [9.17, 15) is 4.79 Å². The molecule has 0 fully saturated rings. The second-order valence-corrected chi connectivity index (χ2v) is 5.91. The highest BCUT2D eigenvalue weighted by molar-refractivity contribution is 5.84. The summed E-state index contributed by atoms with van der Waals surface area (Å²) in [6.07, 6.45) is 0.956. The first-order valence-electron chi connectivity index (χ1n) is 8.52. The summed E-state index contributed by atoms with van der Waals surface area (Å²) >= 11 is 0. The van der Waals surface area contributed by atoms with E-state index in [4.69, 9.17) is 4.74 Å². The molecule has 1 rings (SSSR count). The molecule has 0 unspecified atom stereocenters. The lowest BCUT2D eigenvalue weighted by Crippen LogP contribution is -2.41. The number of likely N-dealkylation sites (N-methyl/N-ethyl adjacent to an activating group) is 1. The predicted molar refractivity (Wildman–Crippen MR) is 103 cm³/mol. The van der Waals surface area contributed by atoms with Crippen LogP contribution < -0.4 is 15.5 Å². The molecule has 140 valence electrons. The number of hydrogen-bond donors (Lipinski definition) is 2. The Hall–Kier alpha value is -2.28. The number of ether oxygens (including phenoxy) is 1. The van der Waals surface area contributed by atoms with Crippen molar-refractivity contribution in [1.29, 1.82) is 0 Å². The van der Waals surface area contributed by atoms with Crippen molar-refractivity contribution in [3.05, 3.63) is 30.3 Å². The van der Waals surface area contributed by atoms with E-state index in [1.54, 1.807) is 21.2 Å². The molecule has 25 heavy (non-hydrogen) atoms. The zero-order valence-electron chi connectivity index (χ0n) is 15.8. The monoisotopic (exact) mass is 349 g/mol. The molecule has 2 N–H and O–H groups in total. The number of carbonyl (C=O) groups is 1. The van der Waals surface area contributed by atoms with Crippen molar-refractivity contribution >= 4 is 17.6 Å². The van der Waals surface area contributed by atoms with Gasteiger partial charge in [0, 0.05) is 53.6 Å². The topological polar surface area (TPSA) is 69.2 Å². The zero-order chi connectivity index (χ0) is 18.5. The fourth-order valence-electron chi connectivity index (χ4n) is 2.07. The number of hydrogen-bond acceptors (Lipinski definition) is 4. The van der Waals surface area contributed by atoms with Gasteiger partial charge in [-0.05, 0) is 18.6 Å². The molecule has 0 atom stereocenters. The summed E-state index contributed by atoms with van der Waals surface area (Å²) in [7, 11) is 7.18. The molecular formula is C18H31N5O2. The Morgan fingerprint density at radius 3 is 2.44 bits per heavy atom. The van der Waals surface area contributed by atoms with Gasteiger partial charge in [-0.2, -0.15) is 0 Å². The number of anilines is 1. The molecule has 0 saturated carbocycles. The number of amides is 1. The standard InChI is InChI=1S/C18H31N5O2/c1-22(2)17(24)15-21-18(20-12-14-25-4)19-11-8-13-23(3)16-9-6-5-7-10-16/h5-7,9-10H,8,11-15H2,1-4H3,(H2,19,20,21). The Balaban J connectivity index is 2.40. The minimum absolute atomic E-state index is 0.0309. The Labute approximate surface area is 151 Å². The number of guanidine groups is 1. The maximum Gasteiger partial charge on any atom is 0.243 e. The van der Waals surface area contributed by atoms with E-state index in [0.29, 0.717) is 19.1 Å². The Morgan fingerprint density at radius 1 is 1.12 bits per heavy atom. The summed E-state index contributed by atoms with van der Waals surface area (Å²) < 4.78 is 5.04. The molecule has 7 heteroatoms. The van der Waals surface area contributed by atoms with Gasteiger partial charge in [0.15, 0.2) is 5.96 Å². The van der Waals surface area contributed by atoms with E-state index in [1.807, 2.05) is 18.2 Å². The van der Waals surface area contributed by atoms with E-state index < -0.39 is 0 Å². The largest absolute Gasteiger partial charge is 0.383 e. The number of rotatable bonds is 10. The summed E-state index contributed by atoms with van der Waals surface area (Å²) in [5.41, 5.74) is 1.20. The zero-order valence-corrected chi connectivity index (χ0v) is 15.8. The first kappa shape index (κ1) is 20.8. The molecule has 1 aromatic rings. The van der Waals surface area contributed by atoms with E-state index in [1.165, 1.54) is 10.6 Å². The molecule has 0 aliphatic rings. The van der Waals surface area contributed by atoms with Crippen LogP contribution in [0.4, 0.5) is 5.69 Å². The van der Waals surface area contributed by atoms with Crippen molar-refractivity contribution in [3.8, 4) is 0 Å². The fourth-order valence-corrected chi connectivity index (χ4v) is 2.07. The van der Waals surface area contributed by atoms with Crippen LogP contribution in [0, 0.1) is 0 Å². The van der Waals surface area contributed by atoms with Crippen LogP contribution in [0.5, 0.6) is 0 Å². The molecule has 0 aromatic heterocycles. The molecule has 0 aliphatic carbocycles. The van der Waals surface area contributed by atoms with Crippen LogP contribution in [-0.2, 0) is 9.53 Å². The van der Waals surface area contributed by atoms with E-state index in [-0.39, 0.29) is 12.5 Å². The molecule has 1 aromatic carbocycles. The normalized spacial score (nSPS) is 11.1. The van der Waals surface area contributed by atoms with Crippen LogP contribution in [0.15, 0.2) is 35.3 Å². The third-order valence-corrected chi connectivity index (χ3v) is 3.63. The van der Waals surface area contributed by atoms with Gasteiger partial charge in [-0.25, -0.2) is 4.99 Å². The highest BCUT2D eigenvalue weighted by atomic mass is 16.5. The molecular weight excluding hydrogens is 318 g/mol. The number of benzene rings is 1. The predicted octanol–water partition coefficient (Wildman–Crippen LogP) is 0.783. The fraction of sp³-hybridized carbons (Fsp3) is 0.556. The second kappa shape index (κ2) is 12.1. The van der Waals surface area contributed by atoms with Gasteiger partial charge in [-0.3, -0.25) is 4.79 Å². The van der Waals surface area contributed by atoms with E-state index in [0.717, 1.165) is 19.5 Å². The second-order valence-electron chi connectivity index (χ2n) is 5.91. The Kier molecular flexibility index (Phi) is 10.1. The van der Waals surface area contributed by atoms with Crippen molar-refractivity contribution in [2.75, 3.05) is 65.9 Å². The minimum Gasteiger partial charge on any atom is -0.383 e. The lowest BCUT2D eigenvalue weighted by atomic mass is 10.3. The smallest absolute Gasteiger partial charge is 0.243 e. The number of nitrogens with zero attached hydrogens (tertiary/aromatic N) is 3. The first-order valence-corrected chi connectivity index (χ1v) is 8.52. The third kappa shape index (κ3) is 8.95. The van der Waals surface area contributed by atoms with E-state index >= 15 is 0 Å². The molecule has 0 saturated heterocycles. The number of para-hydroxylation sites is 1. The summed E-state index contributed by atoms with van der Waals surface area (Å²) in [5, 5.41) is 6.43. The van der Waals surface area contributed by atoms with Crippen LogP contribution >= 0.6 is 0 Å². The summed E-state index contributed by atoms with van der Waals surface area (Å²) in [4.78, 5) is 19.8. The maximum absolute atomic E-state index is 11.7. The molecule has 0 aliphatic heterocycles. The molecule has 0 radical (unpaired) electrons. The SMILES string of the molecule is COCCNC(=NCC(=O)N(C)C)NCCCN(C)c1ccccc1.